The van der Waals surface area contributed by atoms with Gasteiger partial charge in [0.15, 0.2) is 0 Å². The van der Waals surface area contributed by atoms with E-state index in [4.69, 9.17) is 8.92 Å². The number of carbonyl (C=O) groups excluding carboxylic acids is 1. The van der Waals surface area contributed by atoms with Crippen LogP contribution in [0.5, 0.6) is 5.75 Å². The zero-order valence-electron chi connectivity index (χ0n) is 18.0. The van der Waals surface area contributed by atoms with Gasteiger partial charge in [-0.1, -0.05) is 48.0 Å². The third-order valence-electron chi connectivity index (χ3n) is 5.65. The first-order valence-electron chi connectivity index (χ1n) is 10.4. The molecule has 1 aliphatic rings. The summed E-state index contributed by atoms with van der Waals surface area (Å²) in [5, 5.41) is 0. The van der Waals surface area contributed by atoms with Gasteiger partial charge in [0.2, 0.25) is 5.91 Å². The molecule has 2 atom stereocenters. The molecule has 0 aliphatic carbocycles. The van der Waals surface area contributed by atoms with E-state index in [1.807, 2.05) is 61.5 Å². The van der Waals surface area contributed by atoms with E-state index in [1.165, 1.54) is 12.1 Å². The molecule has 3 aromatic rings. The fraction of sp³-hybridized carbons (Fsp3) is 0.240. The van der Waals surface area contributed by atoms with Crippen LogP contribution in [0.25, 0.3) is 0 Å². The van der Waals surface area contributed by atoms with Crippen molar-refractivity contribution in [2.75, 3.05) is 18.6 Å². The summed E-state index contributed by atoms with van der Waals surface area (Å²) >= 11 is 0. The van der Waals surface area contributed by atoms with Crippen molar-refractivity contribution >= 4 is 21.7 Å². The molecule has 0 saturated carbocycles. The number of methoxy groups -OCH3 is 1. The molecular formula is C25H25NO5S. The summed E-state index contributed by atoms with van der Waals surface area (Å²) in [6, 6.07) is 23.0. The minimum Gasteiger partial charge on any atom is -0.497 e. The normalized spacial score (nSPS) is 18.7. The number of nitrogens with zero attached hydrogens (tertiary/aromatic N) is 1. The van der Waals surface area contributed by atoms with Crippen LogP contribution in [-0.2, 0) is 19.1 Å². The van der Waals surface area contributed by atoms with E-state index >= 15 is 0 Å². The molecule has 0 aromatic heterocycles. The number of para-hydroxylation sites is 1. The minimum absolute atomic E-state index is 0.0784. The lowest BCUT2D eigenvalue weighted by atomic mass is 9.94. The maximum absolute atomic E-state index is 13.0. The SMILES string of the molecule is COc1cccc(C2C(COS(=O)(=O)c3ccc(C)cc3)CC(=O)N2c2ccccc2)c1. The zero-order valence-corrected chi connectivity index (χ0v) is 18.8. The van der Waals surface area contributed by atoms with Crippen molar-refractivity contribution in [3.63, 3.8) is 0 Å². The van der Waals surface area contributed by atoms with Crippen LogP contribution in [0.1, 0.15) is 23.6 Å². The van der Waals surface area contributed by atoms with E-state index in [9.17, 15) is 13.2 Å². The number of aryl methyl sites for hydroxylation is 1. The maximum Gasteiger partial charge on any atom is 0.296 e. The summed E-state index contributed by atoms with van der Waals surface area (Å²) in [7, 11) is -2.35. The number of benzene rings is 3. The Morgan fingerprint density at radius 1 is 0.969 bits per heavy atom. The van der Waals surface area contributed by atoms with Gasteiger partial charge in [0, 0.05) is 18.0 Å². The number of rotatable bonds is 7. The molecule has 1 saturated heterocycles. The number of hydrogen-bond donors (Lipinski definition) is 0. The fourth-order valence-electron chi connectivity index (χ4n) is 4.04. The van der Waals surface area contributed by atoms with E-state index in [0.717, 1.165) is 16.8 Å². The Labute approximate surface area is 188 Å². The highest BCUT2D eigenvalue weighted by Gasteiger charge is 2.42. The van der Waals surface area contributed by atoms with Crippen molar-refractivity contribution in [3.05, 3.63) is 90.0 Å². The Bertz CT molecular complexity index is 1190. The first kappa shape index (κ1) is 22.0. The predicted octanol–water partition coefficient (Wildman–Crippen LogP) is 4.50. The van der Waals surface area contributed by atoms with Crippen molar-refractivity contribution < 1.29 is 22.1 Å². The van der Waals surface area contributed by atoms with Crippen LogP contribution >= 0.6 is 0 Å². The van der Waals surface area contributed by atoms with Crippen LogP contribution in [-0.4, -0.2) is 28.0 Å². The number of amides is 1. The van der Waals surface area contributed by atoms with E-state index in [1.54, 1.807) is 24.1 Å². The molecule has 1 amide bonds. The average molecular weight is 452 g/mol. The Kier molecular flexibility index (Phi) is 6.30. The predicted molar refractivity (Wildman–Crippen MR) is 122 cm³/mol. The van der Waals surface area contributed by atoms with Crippen molar-refractivity contribution in [2.24, 2.45) is 5.92 Å². The lowest BCUT2D eigenvalue weighted by molar-refractivity contribution is -0.117. The molecule has 1 heterocycles. The molecule has 7 heteroatoms. The Balaban J connectivity index is 1.65. The molecule has 2 unspecified atom stereocenters. The smallest absolute Gasteiger partial charge is 0.296 e. The number of anilines is 1. The molecule has 0 N–H and O–H groups in total. The van der Waals surface area contributed by atoms with Crippen LogP contribution in [0, 0.1) is 12.8 Å². The standard InChI is InChI=1S/C25H25NO5S/c1-18-11-13-23(14-12-18)32(28,29)31-17-20-16-24(27)26(21-8-4-3-5-9-21)25(20)19-7-6-10-22(15-19)30-2/h3-15,20,25H,16-17H2,1-2H3. The van der Waals surface area contributed by atoms with Gasteiger partial charge in [-0.2, -0.15) is 8.42 Å². The van der Waals surface area contributed by atoms with Crippen LogP contribution < -0.4 is 9.64 Å². The van der Waals surface area contributed by atoms with Crippen molar-refractivity contribution in [1.82, 2.24) is 0 Å². The number of hydrogen-bond acceptors (Lipinski definition) is 5. The quantitative estimate of drug-likeness (QED) is 0.495. The zero-order chi connectivity index (χ0) is 22.7. The van der Waals surface area contributed by atoms with Crippen molar-refractivity contribution in [3.8, 4) is 5.75 Å². The molecule has 6 nitrogen and oxygen atoms in total. The second-order valence-corrected chi connectivity index (χ2v) is 9.45. The minimum atomic E-state index is -3.94. The molecule has 1 fully saturated rings. The third-order valence-corrected chi connectivity index (χ3v) is 6.94. The molecule has 4 rings (SSSR count). The second kappa shape index (κ2) is 9.14. The first-order valence-corrected chi connectivity index (χ1v) is 11.8. The van der Waals surface area contributed by atoms with Gasteiger partial charge in [0.1, 0.15) is 5.75 Å². The second-order valence-electron chi connectivity index (χ2n) is 7.84. The van der Waals surface area contributed by atoms with Gasteiger partial charge in [0.05, 0.1) is 24.7 Å². The molecule has 3 aromatic carbocycles. The molecule has 0 radical (unpaired) electrons. The molecule has 0 bridgehead atoms. The summed E-state index contributed by atoms with van der Waals surface area (Å²) in [6.07, 6.45) is 0.181. The highest BCUT2D eigenvalue weighted by Crippen LogP contribution is 2.42. The van der Waals surface area contributed by atoms with E-state index in [0.29, 0.717) is 5.75 Å². The Morgan fingerprint density at radius 3 is 2.38 bits per heavy atom. The third kappa shape index (κ3) is 4.54. The summed E-state index contributed by atoms with van der Waals surface area (Å²) in [5.74, 6) is 0.238. The largest absolute Gasteiger partial charge is 0.497 e. The average Bonchev–Trinajstić information content (AvgIpc) is 3.14. The van der Waals surface area contributed by atoms with Crippen LogP contribution in [0.15, 0.2) is 83.8 Å². The van der Waals surface area contributed by atoms with E-state index < -0.39 is 10.1 Å². The first-order chi connectivity index (χ1) is 15.4. The summed E-state index contributed by atoms with van der Waals surface area (Å²) in [6.45, 7) is 1.78. The highest BCUT2D eigenvalue weighted by molar-refractivity contribution is 7.86. The lowest BCUT2D eigenvalue weighted by Crippen LogP contribution is -2.30. The molecule has 1 aliphatic heterocycles. The lowest BCUT2D eigenvalue weighted by Gasteiger charge is -2.29. The topological polar surface area (TPSA) is 72.9 Å². The van der Waals surface area contributed by atoms with Crippen LogP contribution in [0.2, 0.25) is 0 Å². The Morgan fingerprint density at radius 2 is 1.69 bits per heavy atom. The van der Waals surface area contributed by atoms with Crippen LogP contribution in [0.3, 0.4) is 0 Å². The Hall–Kier alpha value is -3.16. The van der Waals surface area contributed by atoms with Gasteiger partial charge >= 0.3 is 0 Å². The summed E-state index contributed by atoms with van der Waals surface area (Å²) < 4.78 is 36.3. The van der Waals surface area contributed by atoms with Gasteiger partial charge < -0.3 is 9.64 Å². The fourth-order valence-corrected chi connectivity index (χ4v) is 5.00. The molecule has 0 spiro atoms. The molecule has 166 valence electrons. The van der Waals surface area contributed by atoms with Crippen LogP contribution in [0.4, 0.5) is 5.69 Å². The van der Waals surface area contributed by atoms with Gasteiger partial charge in [-0.3, -0.25) is 8.98 Å². The van der Waals surface area contributed by atoms with E-state index in [2.05, 4.69) is 0 Å². The summed E-state index contributed by atoms with van der Waals surface area (Å²) in [4.78, 5) is 14.9. The maximum atomic E-state index is 13.0. The monoisotopic (exact) mass is 451 g/mol. The van der Waals surface area contributed by atoms with Crippen molar-refractivity contribution in [1.29, 1.82) is 0 Å². The van der Waals surface area contributed by atoms with Crippen molar-refractivity contribution in [2.45, 2.75) is 24.3 Å². The van der Waals surface area contributed by atoms with Gasteiger partial charge in [-0.15, -0.1) is 0 Å². The van der Waals surface area contributed by atoms with Gasteiger partial charge in [0.25, 0.3) is 10.1 Å². The van der Waals surface area contributed by atoms with Gasteiger partial charge in [-0.05, 0) is 48.9 Å². The highest BCUT2D eigenvalue weighted by atomic mass is 32.2. The molecular weight excluding hydrogens is 426 g/mol. The molecule has 32 heavy (non-hydrogen) atoms. The number of carbonyl (C=O) groups is 1. The van der Waals surface area contributed by atoms with Gasteiger partial charge in [-0.25, -0.2) is 0 Å². The van der Waals surface area contributed by atoms with E-state index in [-0.39, 0.29) is 35.8 Å². The summed E-state index contributed by atoms with van der Waals surface area (Å²) in [5.41, 5.74) is 2.58. The number of ether oxygens (including phenoxy) is 1.